The topological polar surface area (TPSA) is 42.0 Å². The van der Waals surface area contributed by atoms with Crippen molar-refractivity contribution in [2.75, 3.05) is 0 Å². The summed E-state index contributed by atoms with van der Waals surface area (Å²) < 4.78 is 0. The third-order valence-corrected chi connectivity index (χ3v) is 4.16. The van der Waals surface area contributed by atoms with Gasteiger partial charge in [-0.3, -0.25) is 9.78 Å². The second kappa shape index (κ2) is 7.61. The van der Waals surface area contributed by atoms with Crippen molar-refractivity contribution in [3.05, 3.63) is 63.9 Å². The van der Waals surface area contributed by atoms with Gasteiger partial charge < -0.3 is 5.32 Å². The number of nitrogens with one attached hydrogen (secondary N) is 1. The van der Waals surface area contributed by atoms with Gasteiger partial charge in [0, 0.05) is 6.20 Å². The van der Waals surface area contributed by atoms with Crippen molar-refractivity contribution >= 4 is 29.1 Å². The molecular formula is C17H18Cl2N2O. The van der Waals surface area contributed by atoms with E-state index in [1.807, 2.05) is 38.1 Å². The van der Waals surface area contributed by atoms with Crippen molar-refractivity contribution in [1.82, 2.24) is 10.3 Å². The first-order valence-corrected chi connectivity index (χ1v) is 7.87. The Labute approximate surface area is 140 Å². The van der Waals surface area contributed by atoms with Crippen LogP contribution in [0.15, 0.2) is 42.6 Å². The molecule has 22 heavy (non-hydrogen) atoms. The molecule has 0 fully saturated rings. The monoisotopic (exact) mass is 336 g/mol. The van der Waals surface area contributed by atoms with Gasteiger partial charge in [-0.25, -0.2) is 0 Å². The van der Waals surface area contributed by atoms with Crippen LogP contribution in [0.2, 0.25) is 10.0 Å². The van der Waals surface area contributed by atoms with E-state index in [1.165, 1.54) is 0 Å². The Balaban J connectivity index is 2.13. The number of hydrogen-bond donors (Lipinski definition) is 1. The Morgan fingerprint density at radius 1 is 1.18 bits per heavy atom. The molecule has 0 saturated heterocycles. The highest BCUT2D eigenvalue weighted by molar-refractivity contribution is 6.42. The highest BCUT2D eigenvalue weighted by Gasteiger charge is 2.24. The second-order valence-corrected chi connectivity index (χ2v) is 6.25. The molecule has 1 aromatic heterocycles. The maximum absolute atomic E-state index is 12.5. The number of halogens is 2. The van der Waals surface area contributed by atoms with E-state index in [-0.39, 0.29) is 17.7 Å². The minimum Gasteiger partial charge on any atom is -0.350 e. The van der Waals surface area contributed by atoms with Crippen LogP contribution in [0.4, 0.5) is 0 Å². The van der Waals surface area contributed by atoms with Crippen molar-refractivity contribution < 1.29 is 4.79 Å². The van der Waals surface area contributed by atoms with E-state index in [0.717, 1.165) is 11.3 Å². The second-order valence-electron chi connectivity index (χ2n) is 5.43. The van der Waals surface area contributed by atoms with E-state index >= 15 is 0 Å². The molecule has 3 nitrogen and oxygen atoms in total. The summed E-state index contributed by atoms with van der Waals surface area (Å²) in [7, 11) is 0. The number of hydrogen-bond acceptors (Lipinski definition) is 2. The summed E-state index contributed by atoms with van der Waals surface area (Å²) in [4.78, 5) is 16.7. The fraction of sp³-hybridized carbons (Fsp3) is 0.294. The van der Waals surface area contributed by atoms with Gasteiger partial charge in [0.15, 0.2) is 0 Å². The van der Waals surface area contributed by atoms with Crippen LogP contribution in [-0.2, 0) is 11.3 Å². The molecule has 2 aromatic rings. The van der Waals surface area contributed by atoms with Crippen molar-refractivity contribution in [2.24, 2.45) is 5.92 Å². The van der Waals surface area contributed by atoms with Gasteiger partial charge in [0.05, 0.1) is 28.2 Å². The van der Waals surface area contributed by atoms with Crippen molar-refractivity contribution in [3.63, 3.8) is 0 Å². The van der Waals surface area contributed by atoms with Gasteiger partial charge in [-0.1, -0.05) is 49.2 Å². The summed E-state index contributed by atoms with van der Waals surface area (Å²) in [6.07, 6.45) is 1.71. The quantitative estimate of drug-likeness (QED) is 0.876. The number of carbonyl (C=O) groups is 1. The van der Waals surface area contributed by atoms with Crippen molar-refractivity contribution in [1.29, 1.82) is 0 Å². The normalized spacial score (nSPS) is 12.2. The highest BCUT2D eigenvalue weighted by Crippen LogP contribution is 2.30. The molecule has 0 spiro atoms. The fourth-order valence-electron chi connectivity index (χ4n) is 2.34. The van der Waals surface area contributed by atoms with Crippen molar-refractivity contribution in [3.8, 4) is 0 Å². The van der Waals surface area contributed by atoms with Gasteiger partial charge in [-0.05, 0) is 35.7 Å². The predicted molar refractivity (Wildman–Crippen MR) is 90.1 cm³/mol. The van der Waals surface area contributed by atoms with Crippen molar-refractivity contribution in [2.45, 2.75) is 26.3 Å². The maximum atomic E-state index is 12.5. The van der Waals surface area contributed by atoms with Gasteiger partial charge in [-0.15, -0.1) is 0 Å². The lowest BCUT2D eigenvalue weighted by Crippen LogP contribution is -2.31. The van der Waals surface area contributed by atoms with Crippen LogP contribution in [-0.4, -0.2) is 10.9 Å². The molecule has 1 atom stereocenters. The van der Waals surface area contributed by atoms with E-state index in [0.29, 0.717) is 16.6 Å². The molecular weight excluding hydrogens is 319 g/mol. The molecule has 0 aliphatic rings. The summed E-state index contributed by atoms with van der Waals surface area (Å²) in [5.41, 5.74) is 1.69. The van der Waals surface area contributed by atoms with Gasteiger partial charge in [0.2, 0.25) is 5.91 Å². The molecule has 1 aromatic carbocycles. The molecule has 2 rings (SSSR count). The van der Waals surface area contributed by atoms with E-state index in [1.54, 1.807) is 18.3 Å². The Morgan fingerprint density at radius 3 is 2.55 bits per heavy atom. The molecule has 1 unspecified atom stereocenters. The van der Waals surface area contributed by atoms with E-state index in [9.17, 15) is 4.79 Å². The Hall–Kier alpha value is -1.58. The van der Waals surface area contributed by atoms with Crippen LogP contribution in [0.1, 0.15) is 31.0 Å². The first kappa shape index (κ1) is 16.8. The van der Waals surface area contributed by atoms with Crippen LogP contribution in [0, 0.1) is 5.92 Å². The van der Waals surface area contributed by atoms with Gasteiger partial charge in [0.1, 0.15) is 0 Å². The van der Waals surface area contributed by atoms with Gasteiger partial charge >= 0.3 is 0 Å². The molecule has 0 radical (unpaired) electrons. The SMILES string of the molecule is CC(C)C(C(=O)NCc1ccccn1)c1ccc(Cl)c(Cl)c1. The lowest BCUT2D eigenvalue weighted by atomic mass is 9.87. The largest absolute Gasteiger partial charge is 0.350 e. The number of benzene rings is 1. The number of amides is 1. The summed E-state index contributed by atoms with van der Waals surface area (Å²) in [6.45, 7) is 4.42. The number of nitrogens with zero attached hydrogens (tertiary/aromatic N) is 1. The Morgan fingerprint density at radius 2 is 1.95 bits per heavy atom. The smallest absolute Gasteiger partial charge is 0.228 e. The Kier molecular flexibility index (Phi) is 5.81. The third kappa shape index (κ3) is 4.21. The van der Waals surface area contributed by atoms with Crippen LogP contribution in [0.25, 0.3) is 0 Å². The zero-order valence-corrected chi connectivity index (χ0v) is 14.0. The molecule has 1 amide bonds. The molecule has 0 aliphatic heterocycles. The summed E-state index contributed by atoms with van der Waals surface area (Å²) in [6, 6.07) is 10.9. The van der Waals surface area contributed by atoms with Gasteiger partial charge in [0.25, 0.3) is 0 Å². The lowest BCUT2D eigenvalue weighted by Gasteiger charge is -2.21. The molecule has 1 N–H and O–H groups in total. The number of pyridine rings is 1. The average Bonchev–Trinajstić information content (AvgIpc) is 2.50. The standard InChI is InChI=1S/C17H18Cl2N2O/c1-11(2)16(12-6-7-14(18)15(19)9-12)17(22)21-10-13-5-3-4-8-20-13/h3-9,11,16H,10H2,1-2H3,(H,21,22). The van der Waals surface area contributed by atoms with Crippen LogP contribution in [0.5, 0.6) is 0 Å². The molecule has 0 aliphatic carbocycles. The number of carbonyl (C=O) groups excluding carboxylic acids is 1. The minimum absolute atomic E-state index is 0.0426. The molecule has 116 valence electrons. The Bertz CT molecular complexity index is 644. The first-order valence-electron chi connectivity index (χ1n) is 7.11. The molecule has 1 heterocycles. The van der Waals surface area contributed by atoms with E-state index in [4.69, 9.17) is 23.2 Å². The number of rotatable bonds is 5. The zero-order chi connectivity index (χ0) is 16.1. The average molecular weight is 337 g/mol. The molecule has 0 bridgehead atoms. The fourth-order valence-corrected chi connectivity index (χ4v) is 2.64. The van der Waals surface area contributed by atoms with Crippen LogP contribution < -0.4 is 5.32 Å². The van der Waals surface area contributed by atoms with E-state index < -0.39 is 0 Å². The molecule has 0 saturated carbocycles. The summed E-state index contributed by atoms with van der Waals surface area (Å²) in [5, 5.41) is 3.88. The minimum atomic E-state index is -0.279. The van der Waals surface area contributed by atoms with Crippen LogP contribution >= 0.6 is 23.2 Å². The number of aromatic nitrogens is 1. The third-order valence-electron chi connectivity index (χ3n) is 3.42. The predicted octanol–water partition coefficient (Wildman–Crippen LogP) is 4.44. The highest BCUT2D eigenvalue weighted by atomic mass is 35.5. The summed E-state index contributed by atoms with van der Waals surface area (Å²) >= 11 is 12.0. The first-order chi connectivity index (χ1) is 10.5. The van der Waals surface area contributed by atoms with E-state index in [2.05, 4.69) is 10.3 Å². The van der Waals surface area contributed by atoms with Gasteiger partial charge in [-0.2, -0.15) is 0 Å². The zero-order valence-electron chi connectivity index (χ0n) is 12.5. The maximum Gasteiger partial charge on any atom is 0.228 e. The van der Waals surface area contributed by atoms with Crippen LogP contribution in [0.3, 0.4) is 0 Å². The lowest BCUT2D eigenvalue weighted by molar-refractivity contribution is -0.123. The molecule has 5 heteroatoms. The summed E-state index contributed by atoms with van der Waals surface area (Å²) in [5.74, 6) is -0.182.